The topological polar surface area (TPSA) is 71.1 Å². The lowest BCUT2D eigenvalue weighted by Gasteiger charge is -2.07. The molecule has 124 valence electrons. The quantitative estimate of drug-likeness (QED) is 0.575. The fourth-order valence-corrected chi connectivity index (χ4v) is 2.14. The normalized spacial score (nSPS) is 11.8. The summed E-state index contributed by atoms with van der Waals surface area (Å²) in [6.45, 7) is 0.0221. The van der Waals surface area contributed by atoms with E-state index in [0.717, 1.165) is 0 Å². The molecule has 0 unspecified atom stereocenters. The number of rotatable bonds is 7. The van der Waals surface area contributed by atoms with Gasteiger partial charge >= 0.3 is 5.97 Å². The molecule has 0 bridgehead atoms. The number of esters is 1. The van der Waals surface area contributed by atoms with Gasteiger partial charge in [-0.1, -0.05) is 18.2 Å². The van der Waals surface area contributed by atoms with Crippen molar-refractivity contribution in [1.82, 2.24) is 0 Å². The number of hydrogen-bond acceptors (Lipinski definition) is 6. The van der Waals surface area contributed by atoms with Crippen molar-refractivity contribution >= 4 is 11.8 Å². The van der Waals surface area contributed by atoms with E-state index in [0.29, 0.717) is 22.8 Å². The third-order valence-electron chi connectivity index (χ3n) is 3.38. The minimum atomic E-state index is -0.486. The maximum atomic E-state index is 12.0. The summed E-state index contributed by atoms with van der Waals surface area (Å²) in [6, 6.07) is 14.0. The summed E-state index contributed by atoms with van der Waals surface area (Å²) in [5.74, 6) is 1.01. The van der Waals surface area contributed by atoms with Gasteiger partial charge in [0.25, 0.3) is 0 Å². The van der Waals surface area contributed by atoms with Crippen molar-refractivity contribution in [2.75, 3.05) is 20.0 Å². The van der Waals surface area contributed by atoms with Crippen molar-refractivity contribution in [2.45, 2.75) is 6.42 Å². The van der Waals surface area contributed by atoms with Crippen molar-refractivity contribution in [3.8, 4) is 17.2 Å². The Labute approximate surface area is 138 Å². The molecule has 0 N–H and O–H groups in total. The Kier molecular flexibility index (Phi) is 4.96. The standard InChI is InChI=1S/C18H16O6/c19-15(13-6-7-16-17(10-13)24-12-23-16)11-22-18(20)8-9-21-14-4-2-1-3-5-14/h1-7,10H,8-9,11-12H2. The van der Waals surface area contributed by atoms with Gasteiger partial charge in [0.15, 0.2) is 23.9 Å². The highest BCUT2D eigenvalue weighted by Crippen LogP contribution is 2.32. The largest absolute Gasteiger partial charge is 0.493 e. The van der Waals surface area contributed by atoms with Crippen LogP contribution in [0.1, 0.15) is 16.8 Å². The predicted molar refractivity (Wildman–Crippen MR) is 84.4 cm³/mol. The summed E-state index contributed by atoms with van der Waals surface area (Å²) in [5.41, 5.74) is 0.410. The highest BCUT2D eigenvalue weighted by atomic mass is 16.7. The Morgan fingerprint density at radius 3 is 2.62 bits per heavy atom. The van der Waals surface area contributed by atoms with Gasteiger partial charge in [0.05, 0.1) is 13.0 Å². The molecule has 0 aliphatic carbocycles. The van der Waals surface area contributed by atoms with Gasteiger partial charge in [0.1, 0.15) is 5.75 Å². The second-order valence-electron chi connectivity index (χ2n) is 5.06. The Hall–Kier alpha value is -3.02. The number of hydrogen-bond donors (Lipinski definition) is 0. The molecule has 0 saturated heterocycles. The van der Waals surface area contributed by atoms with Crippen molar-refractivity contribution in [3.63, 3.8) is 0 Å². The molecule has 24 heavy (non-hydrogen) atoms. The molecule has 0 atom stereocenters. The minimum Gasteiger partial charge on any atom is -0.493 e. The molecular formula is C18H16O6. The minimum absolute atomic E-state index is 0.0727. The van der Waals surface area contributed by atoms with Crippen LogP contribution in [0.2, 0.25) is 0 Å². The van der Waals surface area contributed by atoms with Gasteiger partial charge in [-0.05, 0) is 30.3 Å². The van der Waals surface area contributed by atoms with Gasteiger partial charge in [-0.25, -0.2) is 0 Å². The van der Waals surface area contributed by atoms with E-state index < -0.39 is 5.97 Å². The third-order valence-corrected chi connectivity index (χ3v) is 3.38. The Balaban J connectivity index is 1.41. The Morgan fingerprint density at radius 2 is 1.79 bits per heavy atom. The van der Waals surface area contributed by atoms with E-state index in [1.165, 1.54) is 0 Å². The van der Waals surface area contributed by atoms with Crippen molar-refractivity contribution in [2.24, 2.45) is 0 Å². The third kappa shape index (κ3) is 4.04. The molecule has 2 aromatic rings. The number of benzene rings is 2. The van der Waals surface area contributed by atoms with Crippen molar-refractivity contribution < 1.29 is 28.5 Å². The smallest absolute Gasteiger partial charge is 0.309 e. The van der Waals surface area contributed by atoms with Crippen LogP contribution in [0.25, 0.3) is 0 Å². The summed E-state index contributed by atoms with van der Waals surface area (Å²) in [4.78, 5) is 23.7. The zero-order valence-electron chi connectivity index (χ0n) is 12.9. The fourth-order valence-electron chi connectivity index (χ4n) is 2.14. The van der Waals surface area contributed by atoms with Gasteiger partial charge in [-0.3, -0.25) is 9.59 Å². The first-order chi connectivity index (χ1) is 11.7. The van der Waals surface area contributed by atoms with Crippen molar-refractivity contribution in [1.29, 1.82) is 0 Å². The summed E-state index contributed by atoms with van der Waals surface area (Å²) < 4.78 is 20.8. The van der Waals surface area contributed by atoms with Gasteiger partial charge in [-0.2, -0.15) is 0 Å². The van der Waals surface area contributed by atoms with Crippen LogP contribution in [0.4, 0.5) is 0 Å². The van der Waals surface area contributed by atoms with Crippen molar-refractivity contribution in [3.05, 3.63) is 54.1 Å². The number of para-hydroxylation sites is 1. The zero-order chi connectivity index (χ0) is 16.8. The summed E-state index contributed by atoms with van der Waals surface area (Å²) in [7, 11) is 0. The molecule has 0 radical (unpaired) electrons. The first-order valence-electron chi connectivity index (χ1n) is 7.49. The highest BCUT2D eigenvalue weighted by molar-refractivity contribution is 5.98. The molecule has 1 aliphatic rings. The van der Waals surface area contributed by atoms with Crippen LogP contribution in [0.3, 0.4) is 0 Å². The van der Waals surface area contributed by atoms with Crippen LogP contribution in [-0.4, -0.2) is 31.8 Å². The molecule has 3 rings (SSSR count). The second kappa shape index (κ2) is 7.50. The van der Waals surface area contributed by atoms with Crippen LogP contribution < -0.4 is 14.2 Å². The molecule has 0 fully saturated rings. The second-order valence-corrected chi connectivity index (χ2v) is 5.06. The van der Waals surface area contributed by atoms with Crippen LogP contribution >= 0.6 is 0 Å². The monoisotopic (exact) mass is 328 g/mol. The first-order valence-corrected chi connectivity index (χ1v) is 7.49. The summed E-state index contributed by atoms with van der Waals surface area (Å²) in [5, 5.41) is 0. The average Bonchev–Trinajstić information content (AvgIpc) is 3.08. The molecule has 1 heterocycles. The van der Waals surface area contributed by atoms with E-state index in [-0.39, 0.29) is 32.2 Å². The first kappa shape index (κ1) is 15.9. The van der Waals surface area contributed by atoms with Gasteiger partial charge in [0, 0.05) is 5.56 Å². The van der Waals surface area contributed by atoms with Gasteiger partial charge < -0.3 is 18.9 Å². The van der Waals surface area contributed by atoms with E-state index in [1.54, 1.807) is 30.3 Å². The number of Topliss-reactive ketones (excluding diaryl/α,β-unsaturated/α-hetero) is 1. The lowest BCUT2D eigenvalue weighted by Crippen LogP contribution is -2.16. The maximum absolute atomic E-state index is 12.0. The molecule has 0 spiro atoms. The van der Waals surface area contributed by atoms with Crippen LogP contribution in [0.5, 0.6) is 17.2 Å². The number of ketones is 1. The lowest BCUT2D eigenvalue weighted by molar-refractivity contribution is -0.143. The van der Waals surface area contributed by atoms with E-state index in [2.05, 4.69) is 0 Å². The number of fused-ring (bicyclic) bond motifs is 1. The highest BCUT2D eigenvalue weighted by Gasteiger charge is 2.17. The molecular weight excluding hydrogens is 312 g/mol. The van der Waals surface area contributed by atoms with Gasteiger partial charge in [0.2, 0.25) is 6.79 Å². The summed E-state index contributed by atoms with van der Waals surface area (Å²) >= 11 is 0. The van der Waals surface area contributed by atoms with E-state index in [4.69, 9.17) is 18.9 Å². The molecule has 0 aromatic heterocycles. The van der Waals surface area contributed by atoms with E-state index >= 15 is 0 Å². The summed E-state index contributed by atoms with van der Waals surface area (Å²) in [6.07, 6.45) is 0.0727. The molecule has 0 amide bonds. The van der Waals surface area contributed by atoms with Crippen LogP contribution in [-0.2, 0) is 9.53 Å². The average molecular weight is 328 g/mol. The maximum Gasteiger partial charge on any atom is 0.309 e. The Morgan fingerprint density at radius 1 is 1.00 bits per heavy atom. The fraction of sp³-hybridized carbons (Fsp3) is 0.222. The van der Waals surface area contributed by atoms with E-state index in [1.807, 2.05) is 18.2 Å². The predicted octanol–water partition coefficient (Wildman–Crippen LogP) is 2.61. The molecule has 6 nitrogen and oxygen atoms in total. The molecule has 1 aliphatic heterocycles. The number of carbonyl (C=O) groups excluding carboxylic acids is 2. The lowest BCUT2D eigenvalue weighted by atomic mass is 10.1. The Bertz CT molecular complexity index is 726. The zero-order valence-corrected chi connectivity index (χ0v) is 12.9. The van der Waals surface area contributed by atoms with Crippen LogP contribution in [0, 0.1) is 0 Å². The van der Waals surface area contributed by atoms with E-state index in [9.17, 15) is 9.59 Å². The SMILES string of the molecule is O=C(CCOc1ccccc1)OCC(=O)c1ccc2c(c1)OCO2. The molecule has 6 heteroatoms. The number of ether oxygens (including phenoxy) is 4. The number of carbonyl (C=O) groups is 2. The molecule has 2 aromatic carbocycles. The molecule has 0 saturated carbocycles. The van der Waals surface area contributed by atoms with Crippen LogP contribution in [0.15, 0.2) is 48.5 Å². The van der Waals surface area contributed by atoms with Gasteiger partial charge in [-0.15, -0.1) is 0 Å².